The summed E-state index contributed by atoms with van der Waals surface area (Å²) in [6.45, 7) is 1.75. The van der Waals surface area contributed by atoms with Crippen LogP contribution in [0, 0.1) is 11.7 Å². The third-order valence-electron chi connectivity index (χ3n) is 2.59. The summed E-state index contributed by atoms with van der Waals surface area (Å²) in [6, 6.07) is 2.05. The van der Waals surface area contributed by atoms with Gasteiger partial charge in [0.15, 0.2) is 0 Å². The summed E-state index contributed by atoms with van der Waals surface area (Å²) in [5, 5.41) is 2.38. The number of amides is 1. The van der Waals surface area contributed by atoms with Crippen molar-refractivity contribution in [1.29, 1.82) is 0 Å². The van der Waals surface area contributed by atoms with Crippen LogP contribution < -0.4 is 11.1 Å². The van der Waals surface area contributed by atoms with Gasteiger partial charge in [-0.15, -0.1) is 0 Å². The lowest BCUT2D eigenvalue weighted by atomic mass is 10.1. The zero-order chi connectivity index (χ0) is 15.5. The molecule has 0 saturated heterocycles. The number of rotatable bonds is 4. The highest BCUT2D eigenvalue weighted by molar-refractivity contribution is 7.80. The van der Waals surface area contributed by atoms with E-state index in [9.17, 15) is 22.4 Å². The number of nitrogens with two attached hydrogens (primary N) is 1. The minimum absolute atomic E-state index is 0.0902. The van der Waals surface area contributed by atoms with E-state index in [-0.39, 0.29) is 23.0 Å². The topological polar surface area (TPSA) is 55.1 Å². The largest absolute Gasteiger partial charge is 0.419 e. The summed E-state index contributed by atoms with van der Waals surface area (Å²) in [7, 11) is 0. The van der Waals surface area contributed by atoms with E-state index in [1.54, 1.807) is 6.92 Å². The van der Waals surface area contributed by atoms with Crippen LogP contribution >= 0.6 is 12.2 Å². The van der Waals surface area contributed by atoms with E-state index in [4.69, 9.17) is 18.0 Å². The zero-order valence-electron chi connectivity index (χ0n) is 10.4. The minimum atomic E-state index is -4.85. The van der Waals surface area contributed by atoms with E-state index in [0.29, 0.717) is 12.1 Å². The Balaban J connectivity index is 2.87. The maximum atomic E-state index is 13.1. The maximum Gasteiger partial charge on any atom is 0.419 e. The average Bonchev–Trinajstić information content (AvgIpc) is 2.34. The number of hydrogen-bond acceptors (Lipinski definition) is 2. The molecule has 0 aliphatic heterocycles. The van der Waals surface area contributed by atoms with Gasteiger partial charge < -0.3 is 11.1 Å². The fraction of sp³-hybridized carbons (Fsp3) is 0.333. The third kappa shape index (κ3) is 4.16. The van der Waals surface area contributed by atoms with Crippen molar-refractivity contribution in [3.8, 4) is 0 Å². The van der Waals surface area contributed by atoms with Crippen LogP contribution in [0.1, 0.15) is 22.8 Å². The van der Waals surface area contributed by atoms with Crippen LogP contribution in [0.3, 0.4) is 0 Å². The quantitative estimate of drug-likeness (QED) is 0.664. The van der Waals surface area contributed by atoms with Crippen LogP contribution in [-0.2, 0) is 6.18 Å². The van der Waals surface area contributed by atoms with E-state index >= 15 is 0 Å². The fourth-order valence-corrected chi connectivity index (χ4v) is 1.42. The predicted octanol–water partition coefficient (Wildman–Crippen LogP) is 2.50. The van der Waals surface area contributed by atoms with Crippen molar-refractivity contribution in [1.82, 2.24) is 5.32 Å². The van der Waals surface area contributed by atoms with Crippen molar-refractivity contribution in [3.05, 3.63) is 35.1 Å². The Morgan fingerprint density at radius 2 is 2.05 bits per heavy atom. The van der Waals surface area contributed by atoms with Gasteiger partial charge in [-0.1, -0.05) is 19.1 Å². The molecule has 1 amide bonds. The smallest absolute Gasteiger partial charge is 0.393 e. The lowest BCUT2D eigenvalue weighted by molar-refractivity contribution is -0.140. The molecule has 0 aromatic heterocycles. The summed E-state index contributed by atoms with van der Waals surface area (Å²) in [5.74, 6) is -2.47. The number of hydrogen-bond donors (Lipinski definition) is 2. The van der Waals surface area contributed by atoms with Gasteiger partial charge in [0, 0.05) is 18.0 Å². The standard InChI is InChI=1S/C12H12F4N2OS/c1-6(10(17)20)5-18-11(19)7-2-3-9(13)8(4-7)12(14,15)16/h2-4,6H,5H2,1H3,(H2,17,20)(H,18,19). The number of nitrogens with one attached hydrogen (secondary N) is 1. The van der Waals surface area contributed by atoms with Gasteiger partial charge in [0.25, 0.3) is 5.91 Å². The molecule has 1 aromatic carbocycles. The summed E-state index contributed by atoms with van der Waals surface area (Å²) < 4.78 is 50.6. The van der Waals surface area contributed by atoms with Crippen molar-refractivity contribution in [2.45, 2.75) is 13.1 Å². The van der Waals surface area contributed by atoms with Crippen molar-refractivity contribution >= 4 is 23.1 Å². The molecule has 1 rings (SSSR count). The van der Waals surface area contributed by atoms with Gasteiger partial charge in [-0.2, -0.15) is 13.2 Å². The van der Waals surface area contributed by atoms with Gasteiger partial charge in [-0.3, -0.25) is 4.79 Å². The van der Waals surface area contributed by atoms with Crippen LogP contribution in [0.25, 0.3) is 0 Å². The van der Waals surface area contributed by atoms with Gasteiger partial charge >= 0.3 is 6.18 Å². The molecule has 0 bridgehead atoms. The molecule has 0 fully saturated rings. The highest BCUT2D eigenvalue weighted by Crippen LogP contribution is 2.31. The maximum absolute atomic E-state index is 13.1. The summed E-state index contributed by atoms with van der Waals surface area (Å²) in [4.78, 5) is 11.9. The SMILES string of the molecule is CC(CNC(=O)c1ccc(F)c(C(F)(F)F)c1)C(N)=S. The minimum Gasteiger partial charge on any atom is -0.393 e. The van der Waals surface area contributed by atoms with Crippen LogP contribution in [0.5, 0.6) is 0 Å². The second kappa shape index (κ2) is 6.17. The molecule has 3 N–H and O–H groups in total. The molecule has 0 heterocycles. The number of thiocarbonyl (C=S) groups is 1. The average molecular weight is 308 g/mol. The van der Waals surface area contributed by atoms with Gasteiger partial charge in [0.05, 0.1) is 10.6 Å². The van der Waals surface area contributed by atoms with Crippen molar-refractivity contribution in [2.24, 2.45) is 11.7 Å². The number of halogens is 4. The molecule has 0 saturated carbocycles. The Kier molecular flexibility index (Phi) is 5.04. The first-order valence-electron chi connectivity index (χ1n) is 5.57. The van der Waals surface area contributed by atoms with Crippen LogP contribution in [0.2, 0.25) is 0 Å². The van der Waals surface area contributed by atoms with E-state index in [1.165, 1.54) is 0 Å². The first-order valence-corrected chi connectivity index (χ1v) is 5.98. The van der Waals surface area contributed by atoms with Crippen LogP contribution in [-0.4, -0.2) is 17.4 Å². The molecule has 110 valence electrons. The lowest BCUT2D eigenvalue weighted by Crippen LogP contribution is -2.33. The van der Waals surface area contributed by atoms with E-state index < -0.39 is 23.5 Å². The van der Waals surface area contributed by atoms with E-state index in [1.807, 2.05) is 0 Å². The molecular weight excluding hydrogens is 296 g/mol. The van der Waals surface area contributed by atoms with Gasteiger partial charge in [-0.05, 0) is 18.2 Å². The van der Waals surface area contributed by atoms with Crippen molar-refractivity contribution in [3.63, 3.8) is 0 Å². The number of alkyl halides is 3. The lowest BCUT2D eigenvalue weighted by Gasteiger charge is -2.12. The van der Waals surface area contributed by atoms with E-state index in [2.05, 4.69) is 5.32 Å². The molecule has 3 nitrogen and oxygen atoms in total. The van der Waals surface area contributed by atoms with Crippen LogP contribution in [0.15, 0.2) is 18.2 Å². The summed E-state index contributed by atoms with van der Waals surface area (Å²) in [6.07, 6.45) is -4.85. The Hall–Kier alpha value is -1.70. The Morgan fingerprint density at radius 3 is 2.55 bits per heavy atom. The Morgan fingerprint density at radius 1 is 1.45 bits per heavy atom. The Labute approximate surface area is 118 Å². The number of carbonyl (C=O) groups excluding carboxylic acids is 1. The second-order valence-corrected chi connectivity index (χ2v) is 4.68. The first-order chi connectivity index (χ1) is 9.12. The fourth-order valence-electron chi connectivity index (χ4n) is 1.33. The first kappa shape index (κ1) is 16.4. The molecule has 1 aromatic rings. The van der Waals surface area contributed by atoms with Gasteiger partial charge in [0.1, 0.15) is 5.82 Å². The third-order valence-corrected chi connectivity index (χ3v) is 2.99. The van der Waals surface area contributed by atoms with E-state index in [0.717, 1.165) is 6.07 Å². The monoisotopic (exact) mass is 308 g/mol. The van der Waals surface area contributed by atoms with Crippen LogP contribution in [0.4, 0.5) is 17.6 Å². The molecule has 1 atom stereocenters. The number of carbonyl (C=O) groups is 1. The zero-order valence-corrected chi connectivity index (χ0v) is 11.2. The number of benzene rings is 1. The summed E-state index contributed by atoms with van der Waals surface area (Å²) >= 11 is 4.70. The van der Waals surface area contributed by atoms with Gasteiger partial charge in [0.2, 0.25) is 0 Å². The molecule has 8 heteroatoms. The van der Waals surface area contributed by atoms with Crippen molar-refractivity contribution < 1.29 is 22.4 Å². The molecular formula is C12H12F4N2OS. The second-order valence-electron chi connectivity index (χ2n) is 4.21. The molecule has 0 aliphatic rings. The van der Waals surface area contributed by atoms with Gasteiger partial charge in [-0.25, -0.2) is 4.39 Å². The summed E-state index contributed by atoms with van der Waals surface area (Å²) in [5.41, 5.74) is 3.58. The highest BCUT2D eigenvalue weighted by Gasteiger charge is 2.34. The molecule has 20 heavy (non-hydrogen) atoms. The molecule has 0 radical (unpaired) electrons. The predicted molar refractivity (Wildman–Crippen MR) is 69.7 cm³/mol. The molecule has 0 spiro atoms. The highest BCUT2D eigenvalue weighted by atomic mass is 32.1. The van der Waals surface area contributed by atoms with Crippen molar-refractivity contribution in [2.75, 3.05) is 6.54 Å². The Bertz CT molecular complexity index is 531. The molecule has 1 unspecified atom stereocenters. The molecule has 0 aliphatic carbocycles. The normalized spacial score (nSPS) is 12.8.